The Kier molecular flexibility index (Phi) is 4.94. The summed E-state index contributed by atoms with van der Waals surface area (Å²) in [6.07, 6.45) is 1.88. The molecule has 0 spiro atoms. The zero-order valence-electron chi connectivity index (χ0n) is 14.5. The Morgan fingerprint density at radius 1 is 1.19 bits per heavy atom. The molecule has 0 aliphatic heterocycles. The van der Waals surface area contributed by atoms with Crippen LogP contribution in [0.4, 0.5) is 4.39 Å². The highest BCUT2D eigenvalue weighted by Crippen LogP contribution is 2.30. The van der Waals surface area contributed by atoms with Gasteiger partial charge in [-0.2, -0.15) is 0 Å². The minimum atomic E-state index is -0.302. The highest BCUT2D eigenvalue weighted by molar-refractivity contribution is 7.99. The third-order valence-electron chi connectivity index (χ3n) is 4.53. The fraction of sp³-hybridized carbons (Fsp3) is 0.250. The molecule has 1 amide bonds. The van der Waals surface area contributed by atoms with Crippen molar-refractivity contribution in [3.63, 3.8) is 0 Å². The van der Waals surface area contributed by atoms with Gasteiger partial charge < -0.3 is 9.88 Å². The maximum Gasteiger partial charge on any atom is 0.259 e. The molecule has 7 heteroatoms. The van der Waals surface area contributed by atoms with E-state index < -0.39 is 0 Å². The second kappa shape index (κ2) is 7.52. The van der Waals surface area contributed by atoms with Crippen LogP contribution in [0.3, 0.4) is 0 Å². The van der Waals surface area contributed by atoms with Gasteiger partial charge in [-0.3, -0.25) is 9.59 Å². The Hall–Kier alpha value is -2.67. The second-order valence-corrected chi connectivity index (χ2v) is 7.49. The first kappa shape index (κ1) is 17.7. The Morgan fingerprint density at radius 2 is 1.93 bits per heavy atom. The second-order valence-electron chi connectivity index (χ2n) is 6.52. The average molecular weight is 383 g/mol. The molecule has 1 saturated carbocycles. The van der Waals surface area contributed by atoms with Crippen LogP contribution < -0.4 is 5.56 Å². The largest absolute Gasteiger partial charge is 0.335 e. The topological polar surface area (TPSA) is 66.1 Å². The molecule has 0 saturated heterocycles. The third kappa shape index (κ3) is 4.03. The molecule has 0 atom stereocenters. The van der Waals surface area contributed by atoms with E-state index in [0.29, 0.717) is 21.6 Å². The number of hydrogen-bond donors (Lipinski definition) is 1. The minimum Gasteiger partial charge on any atom is -0.335 e. The molecule has 4 rings (SSSR count). The van der Waals surface area contributed by atoms with Crippen molar-refractivity contribution in [1.29, 1.82) is 0 Å². The summed E-state index contributed by atoms with van der Waals surface area (Å²) >= 11 is 1.19. The lowest BCUT2D eigenvalue weighted by Crippen LogP contribution is -2.34. The van der Waals surface area contributed by atoms with Crippen LogP contribution in [0.25, 0.3) is 10.9 Å². The normalized spacial score (nSPS) is 13.7. The zero-order valence-corrected chi connectivity index (χ0v) is 15.3. The van der Waals surface area contributed by atoms with Crippen molar-refractivity contribution < 1.29 is 9.18 Å². The highest BCUT2D eigenvalue weighted by Gasteiger charge is 2.32. The Bertz CT molecular complexity index is 1050. The van der Waals surface area contributed by atoms with Crippen LogP contribution >= 0.6 is 11.8 Å². The van der Waals surface area contributed by atoms with Gasteiger partial charge in [0.25, 0.3) is 5.56 Å². The van der Waals surface area contributed by atoms with Crippen LogP contribution in [0.1, 0.15) is 18.4 Å². The standard InChI is InChI=1S/C20H18FN3O2S/c21-16-7-3-1-5-13(16)11-24(14-9-10-14)18(25)12-27-20-22-17-8-4-2-6-15(17)19(26)23-20/h1-8,14H,9-12H2,(H,22,23,26). The van der Waals surface area contributed by atoms with Crippen molar-refractivity contribution in [2.45, 2.75) is 30.6 Å². The quantitative estimate of drug-likeness (QED) is 0.524. The van der Waals surface area contributed by atoms with Gasteiger partial charge in [0.15, 0.2) is 5.16 Å². The van der Waals surface area contributed by atoms with Gasteiger partial charge in [-0.05, 0) is 31.0 Å². The van der Waals surface area contributed by atoms with Crippen LogP contribution in [-0.2, 0) is 11.3 Å². The molecule has 1 aliphatic carbocycles. The van der Waals surface area contributed by atoms with Crippen LogP contribution in [0.5, 0.6) is 0 Å². The van der Waals surface area contributed by atoms with E-state index in [9.17, 15) is 14.0 Å². The van der Waals surface area contributed by atoms with Gasteiger partial charge in [-0.15, -0.1) is 0 Å². The fourth-order valence-corrected chi connectivity index (χ4v) is 3.72. The predicted molar refractivity (Wildman–Crippen MR) is 103 cm³/mol. The number of rotatable bonds is 6. The summed E-state index contributed by atoms with van der Waals surface area (Å²) in [5.41, 5.74) is 0.891. The van der Waals surface area contributed by atoms with Crippen LogP contribution in [0, 0.1) is 5.82 Å². The molecular weight excluding hydrogens is 365 g/mol. The van der Waals surface area contributed by atoms with Crippen molar-refractivity contribution in [2.24, 2.45) is 0 Å². The molecule has 1 heterocycles. The van der Waals surface area contributed by atoms with Gasteiger partial charge in [-0.25, -0.2) is 9.37 Å². The highest BCUT2D eigenvalue weighted by atomic mass is 32.2. The van der Waals surface area contributed by atoms with E-state index in [0.717, 1.165) is 12.8 Å². The van der Waals surface area contributed by atoms with Gasteiger partial charge >= 0.3 is 0 Å². The number of nitrogens with zero attached hydrogens (tertiary/aromatic N) is 2. The van der Waals surface area contributed by atoms with Gasteiger partial charge in [0.05, 0.1) is 16.7 Å². The van der Waals surface area contributed by atoms with Crippen LogP contribution in [0.15, 0.2) is 58.5 Å². The number of halogens is 1. The van der Waals surface area contributed by atoms with Gasteiger partial charge in [0, 0.05) is 18.2 Å². The van der Waals surface area contributed by atoms with E-state index in [1.54, 1.807) is 41.3 Å². The maximum absolute atomic E-state index is 13.9. The SMILES string of the molecule is O=C(CSc1nc2ccccc2c(=O)[nH]1)N(Cc1ccccc1F)C1CC1. The summed E-state index contributed by atoms with van der Waals surface area (Å²) in [6, 6.07) is 13.8. The Morgan fingerprint density at radius 3 is 2.70 bits per heavy atom. The number of nitrogens with one attached hydrogen (secondary N) is 1. The van der Waals surface area contributed by atoms with E-state index in [-0.39, 0.29) is 35.6 Å². The number of hydrogen-bond acceptors (Lipinski definition) is 4. The Balaban J connectivity index is 1.47. The van der Waals surface area contributed by atoms with Crippen molar-refractivity contribution in [3.05, 3.63) is 70.3 Å². The number of aromatic amines is 1. The minimum absolute atomic E-state index is 0.0819. The third-order valence-corrected chi connectivity index (χ3v) is 5.39. The lowest BCUT2D eigenvalue weighted by Gasteiger charge is -2.22. The molecule has 1 aliphatic rings. The maximum atomic E-state index is 13.9. The first-order chi connectivity index (χ1) is 13.1. The zero-order chi connectivity index (χ0) is 18.8. The van der Waals surface area contributed by atoms with Crippen molar-refractivity contribution in [2.75, 3.05) is 5.75 Å². The number of fused-ring (bicyclic) bond motifs is 1. The summed E-state index contributed by atoms with van der Waals surface area (Å²) in [6.45, 7) is 0.262. The molecule has 27 heavy (non-hydrogen) atoms. The average Bonchev–Trinajstić information content (AvgIpc) is 3.50. The molecule has 5 nitrogen and oxygen atoms in total. The molecule has 1 fully saturated rings. The molecule has 1 aromatic heterocycles. The summed E-state index contributed by atoms with van der Waals surface area (Å²) in [5.74, 6) is -0.239. The van der Waals surface area contributed by atoms with E-state index in [1.165, 1.54) is 17.8 Å². The van der Waals surface area contributed by atoms with Crippen LogP contribution in [0.2, 0.25) is 0 Å². The molecule has 1 N–H and O–H groups in total. The van der Waals surface area contributed by atoms with E-state index in [1.807, 2.05) is 6.07 Å². The molecule has 138 valence electrons. The molecule has 3 aromatic rings. The number of benzene rings is 2. The number of aromatic nitrogens is 2. The number of H-pyrrole nitrogens is 1. The van der Waals surface area contributed by atoms with Crippen molar-refractivity contribution >= 4 is 28.6 Å². The van der Waals surface area contributed by atoms with E-state index >= 15 is 0 Å². The number of amides is 1. The summed E-state index contributed by atoms with van der Waals surface area (Å²) in [7, 11) is 0. The first-order valence-corrected chi connectivity index (χ1v) is 9.75. The van der Waals surface area contributed by atoms with Gasteiger partial charge in [0.1, 0.15) is 5.82 Å². The fourth-order valence-electron chi connectivity index (χ4n) is 2.96. The molecule has 2 aromatic carbocycles. The number of carbonyl (C=O) groups is 1. The molecule has 0 bridgehead atoms. The molecule has 0 unspecified atom stereocenters. The lowest BCUT2D eigenvalue weighted by atomic mass is 10.2. The number of para-hydroxylation sites is 1. The van der Waals surface area contributed by atoms with Crippen LogP contribution in [-0.4, -0.2) is 32.6 Å². The summed E-state index contributed by atoms with van der Waals surface area (Å²) in [5, 5.41) is 0.932. The number of carbonyl (C=O) groups excluding carboxylic acids is 1. The number of thioether (sulfide) groups is 1. The molecular formula is C20H18FN3O2S. The van der Waals surface area contributed by atoms with Gasteiger partial charge in [0.2, 0.25) is 5.91 Å². The van der Waals surface area contributed by atoms with Crippen molar-refractivity contribution in [1.82, 2.24) is 14.9 Å². The smallest absolute Gasteiger partial charge is 0.259 e. The summed E-state index contributed by atoms with van der Waals surface area (Å²) in [4.78, 5) is 33.7. The predicted octanol–water partition coefficient (Wildman–Crippen LogP) is 3.35. The first-order valence-electron chi connectivity index (χ1n) is 8.76. The lowest BCUT2D eigenvalue weighted by molar-refractivity contribution is -0.129. The van der Waals surface area contributed by atoms with E-state index in [4.69, 9.17) is 0 Å². The van der Waals surface area contributed by atoms with Gasteiger partial charge in [-0.1, -0.05) is 42.1 Å². The Labute approximate surface area is 159 Å². The summed E-state index contributed by atoms with van der Waals surface area (Å²) < 4.78 is 13.9. The van der Waals surface area contributed by atoms with E-state index in [2.05, 4.69) is 9.97 Å². The molecule has 0 radical (unpaired) electrons. The van der Waals surface area contributed by atoms with Crippen molar-refractivity contribution in [3.8, 4) is 0 Å². The monoisotopic (exact) mass is 383 g/mol.